The normalized spacial score (nSPS) is 10.5. The molecule has 5 nitrogen and oxygen atoms in total. The number of ether oxygens (including phenoxy) is 2. The second kappa shape index (κ2) is 10.6. The number of esters is 1. The Bertz CT molecular complexity index is 980. The van der Waals surface area contributed by atoms with Crippen LogP contribution in [0, 0.1) is 6.92 Å². The highest BCUT2D eigenvalue weighted by atomic mass is 32.1. The minimum Gasteiger partial charge on any atom is -0.489 e. The van der Waals surface area contributed by atoms with Crippen molar-refractivity contribution in [2.75, 3.05) is 11.9 Å². The number of aryl methyl sites for hydroxylation is 2. The predicted molar refractivity (Wildman–Crippen MR) is 119 cm³/mol. The highest BCUT2D eigenvalue weighted by molar-refractivity contribution is 7.14. The molecule has 0 aliphatic carbocycles. The molecule has 0 fully saturated rings. The summed E-state index contributed by atoms with van der Waals surface area (Å²) >= 11 is 1.40. The number of hydrogen-bond acceptors (Lipinski definition) is 5. The molecule has 1 amide bonds. The molecule has 30 heavy (non-hydrogen) atoms. The zero-order valence-electron chi connectivity index (χ0n) is 17.1. The van der Waals surface area contributed by atoms with Gasteiger partial charge in [-0.25, -0.2) is 4.79 Å². The van der Waals surface area contributed by atoms with E-state index in [1.165, 1.54) is 11.3 Å². The molecule has 0 unspecified atom stereocenters. The smallest absolute Gasteiger partial charge is 0.348 e. The van der Waals surface area contributed by atoms with Crippen molar-refractivity contribution in [3.63, 3.8) is 0 Å². The summed E-state index contributed by atoms with van der Waals surface area (Å²) in [6, 6.07) is 18.8. The van der Waals surface area contributed by atoms with Crippen LogP contribution >= 0.6 is 11.3 Å². The summed E-state index contributed by atoms with van der Waals surface area (Å²) in [6.45, 7) is 4.24. The van der Waals surface area contributed by atoms with Crippen molar-refractivity contribution >= 4 is 28.9 Å². The SMILES string of the molecule is CCCc1cc(C(=O)OCC(=O)Nc2ccc(OCc3ccccc3)cc2)sc1C. The van der Waals surface area contributed by atoms with Crippen LogP contribution in [-0.2, 0) is 22.6 Å². The summed E-state index contributed by atoms with van der Waals surface area (Å²) in [7, 11) is 0. The van der Waals surface area contributed by atoms with Crippen LogP contribution < -0.4 is 10.1 Å². The molecule has 0 spiro atoms. The van der Waals surface area contributed by atoms with Crippen LogP contribution in [0.15, 0.2) is 60.7 Å². The second-order valence-electron chi connectivity index (χ2n) is 6.87. The van der Waals surface area contributed by atoms with E-state index in [0.717, 1.165) is 28.8 Å². The molecule has 3 aromatic rings. The van der Waals surface area contributed by atoms with Gasteiger partial charge in [0.05, 0.1) is 0 Å². The fraction of sp³-hybridized carbons (Fsp3) is 0.250. The summed E-state index contributed by atoms with van der Waals surface area (Å²) in [5.74, 6) is -0.146. The van der Waals surface area contributed by atoms with Gasteiger partial charge in [-0.15, -0.1) is 11.3 Å². The molecule has 0 saturated heterocycles. The van der Waals surface area contributed by atoms with Crippen LogP contribution in [0.5, 0.6) is 5.75 Å². The third kappa shape index (κ3) is 6.19. The molecular formula is C24H25NO4S. The molecule has 2 aromatic carbocycles. The van der Waals surface area contributed by atoms with E-state index < -0.39 is 5.97 Å². The lowest BCUT2D eigenvalue weighted by molar-refractivity contribution is -0.119. The van der Waals surface area contributed by atoms with E-state index in [1.54, 1.807) is 24.3 Å². The predicted octanol–water partition coefficient (Wildman–Crippen LogP) is 5.38. The zero-order valence-corrected chi connectivity index (χ0v) is 18.0. The van der Waals surface area contributed by atoms with Crippen LogP contribution in [0.1, 0.15) is 39.0 Å². The number of carbonyl (C=O) groups excluding carboxylic acids is 2. The standard InChI is InChI=1S/C24H25NO4S/c1-3-7-19-14-22(30-17(19)2)24(27)29-16-23(26)25-20-10-12-21(13-11-20)28-15-18-8-5-4-6-9-18/h4-6,8-14H,3,7,15-16H2,1-2H3,(H,25,26). The first-order valence-corrected chi connectivity index (χ1v) is 10.7. The summed E-state index contributed by atoms with van der Waals surface area (Å²) in [5, 5.41) is 2.72. The Morgan fingerprint density at radius 2 is 1.77 bits per heavy atom. The van der Waals surface area contributed by atoms with Crippen LogP contribution in [-0.4, -0.2) is 18.5 Å². The van der Waals surface area contributed by atoms with Gasteiger partial charge >= 0.3 is 5.97 Å². The first-order chi connectivity index (χ1) is 14.5. The van der Waals surface area contributed by atoms with Gasteiger partial charge in [0, 0.05) is 10.6 Å². The zero-order chi connectivity index (χ0) is 21.3. The van der Waals surface area contributed by atoms with Crippen LogP contribution in [0.25, 0.3) is 0 Å². The summed E-state index contributed by atoms with van der Waals surface area (Å²) in [5.41, 5.74) is 2.85. The van der Waals surface area contributed by atoms with Gasteiger partial charge in [0.1, 0.15) is 17.2 Å². The van der Waals surface area contributed by atoms with Crippen molar-refractivity contribution in [1.29, 1.82) is 0 Å². The van der Waals surface area contributed by atoms with Gasteiger partial charge in [-0.05, 0) is 54.8 Å². The fourth-order valence-corrected chi connectivity index (χ4v) is 3.88. The van der Waals surface area contributed by atoms with E-state index >= 15 is 0 Å². The number of thiophene rings is 1. The average Bonchev–Trinajstić information content (AvgIpc) is 3.13. The molecule has 1 heterocycles. The minimum absolute atomic E-state index is 0.328. The van der Waals surface area contributed by atoms with Gasteiger partial charge in [0.15, 0.2) is 6.61 Å². The van der Waals surface area contributed by atoms with Gasteiger partial charge in [-0.3, -0.25) is 4.79 Å². The van der Waals surface area contributed by atoms with Crippen molar-refractivity contribution < 1.29 is 19.1 Å². The van der Waals surface area contributed by atoms with E-state index in [4.69, 9.17) is 9.47 Å². The number of benzene rings is 2. The molecule has 0 aliphatic rings. The van der Waals surface area contributed by atoms with E-state index in [-0.39, 0.29) is 12.5 Å². The quantitative estimate of drug-likeness (QED) is 0.469. The third-order valence-electron chi connectivity index (χ3n) is 4.46. The number of nitrogens with one attached hydrogen (secondary N) is 1. The molecule has 0 saturated carbocycles. The largest absolute Gasteiger partial charge is 0.489 e. The molecule has 156 valence electrons. The Hall–Kier alpha value is -3.12. The van der Waals surface area contributed by atoms with Gasteiger partial charge in [0.2, 0.25) is 0 Å². The maximum absolute atomic E-state index is 12.2. The van der Waals surface area contributed by atoms with Crippen LogP contribution in [0.3, 0.4) is 0 Å². The Balaban J connectivity index is 1.45. The molecule has 0 radical (unpaired) electrons. The first-order valence-electron chi connectivity index (χ1n) is 9.88. The van der Waals surface area contributed by atoms with Crippen LogP contribution in [0.4, 0.5) is 5.69 Å². The summed E-state index contributed by atoms with van der Waals surface area (Å²) < 4.78 is 10.9. The number of amides is 1. The molecule has 0 atom stereocenters. The lowest BCUT2D eigenvalue weighted by atomic mass is 10.1. The van der Waals surface area contributed by atoms with Gasteiger partial charge < -0.3 is 14.8 Å². The Morgan fingerprint density at radius 3 is 2.47 bits per heavy atom. The van der Waals surface area contributed by atoms with Crippen LogP contribution in [0.2, 0.25) is 0 Å². The van der Waals surface area contributed by atoms with Crippen molar-refractivity contribution in [2.45, 2.75) is 33.3 Å². The second-order valence-corrected chi connectivity index (χ2v) is 8.12. The monoisotopic (exact) mass is 423 g/mol. The molecule has 3 rings (SSSR count). The third-order valence-corrected chi connectivity index (χ3v) is 5.53. The Morgan fingerprint density at radius 1 is 1.03 bits per heavy atom. The molecule has 6 heteroatoms. The maximum Gasteiger partial charge on any atom is 0.348 e. The molecule has 1 N–H and O–H groups in total. The number of rotatable bonds is 9. The van der Waals surface area contributed by atoms with E-state index in [9.17, 15) is 9.59 Å². The van der Waals surface area contributed by atoms with Gasteiger partial charge in [-0.1, -0.05) is 43.7 Å². The van der Waals surface area contributed by atoms with Gasteiger partial charge in [0.25, 0.3) is 5.91 Å². The molecule has 1 aromatic heterocycles. The van der Waals surface area contributed by atoms with Gasteiger partial charge in [-0.2, -0.15) is 0 Å². The molecule has 0 bridgehead atoms. The first kappa shape index (κ1) is 21.6. The number of hydrogen-bond donors (Lipinski definition) is 1. The lowest BCUT2D eigenvalue weighted by Gasteiger charge is -2.09. The minimum atomic E-state index is -0.467. The Labute approximate surface area is 180 Å². The fourth-order valence-electron chi connectivity index (χ4n) is 2.91. The molecular weight excluding hydrogens is 398 g/mol. The Kier molecular flexibility index (Phi) is 7.63. The maximum atomic E-state index is 12.2. The van der Waals surface area contributed by atoms with Crippen molar-refractivity contribution in [2.24, 2.45) is 0 Å². The van der Waals surface area contributed by atoms with Crippen molar-refractivity contribution in [3.05, 3.63) is 81.5 Å². The van der Waals surface area contributed by atoms with Crippen molar-refractivity contribution in [3.8, 4) is 5.75 Å². The summed E-state index contributed by atoms with van der Waals surface area (Å²) in [6.07, 6.45) is 1.95. The average molecular weight is 424 g/mol. The highest BCUT2D eigenvalue weighted by Gasteiger charge is 2.15. The number of carbonyl (C=O) groups is 2. The molecule has 0 aliphatic heterocycles. The number of anilines is 1. The van der Waals surface area contributed by atoms with E-state index in [0.29, 0.717) is 22.9 Å². The van der Waals surface area contributed by atoms with E-state index in [2.05, 4.69) is 12.2 Å². The topological polar surface area (TPSA) is 64.6 Å². The van der Waals surface area contributed by atoms with E-state index in [1.807, 2.05) is 43.3 Å². The summed E-state index contributed by atoms with van der Waals surface area (Å²) in [4.78, 5) is 25.9. The lowest BCUT2D eigenvalue weighted by Crippen LogP contribution is -2.20. The highest BCUT2D eigenvalue weighted by Crippen LogP contribution is 2.23. The van der Waals surface area contributed by atoms with Crippen molar-refractivity contribution in [1.82, 2.24) is 0 Å².